The Morgan fingerprint density at radius 2 is 1.79 bits per heavy atom. The number of nitrogens with one attached hydrogen (secondary N) is 2. The van der Waals surface area contributed by atoms with E-state index >= 15 is 0 Å². The molecule has 1 unspecified atom stereocenters. The highest BCUT2D eigenvalue weighted by Gasteiger charge is 2.31. The molecular formula is C15H16N2O4S3. The van der Waals surface area contributed by atoms with Crippen LogP contribution >= 0.6 is 22.7 Å². The van der Waals surface area contributed by atoms with Crippen molar-refractivity contribution in [1.29, 1.82) is 0 Å². The summed E-state index contributed by atoms with van der Waals surface area (Å²) >= 11 is 2.41. The number of amides is 2. The monoisotopic (exact) mass is 384 g/mol. The van der Waals surface area contributed by atoms with E-state index in [-0.39, 0.29) is 17.3 Å². The topological polar surface area (TPSA) is 92.3 Å². The first-order valence-electron chi connectivity index (χ1n) is 6.94. The summed E-state index contributed by atoms with van der Waals surface area (Å²) in [5, 5.41) is 7.25. The molecule has 0 aliphatic carbocycles. The summed E-state index contributed by atoms with van der Waals surface area (Å²) in [5.41, 5.74) is 0. The van der Waals surface area contributed by atoms with E-state index in [1.54, 1.807) is 29.0 Å². The zero-order valence-electron chi connectivity index (χ0n) is 12.6. The zero-order chi connectivity index (χ0) is 17.6. The van der Waals surface area contributed by atoms with E-state index in [0.29, 0.717) is 4.88 Å². The van der Waals surface area contributed by atoms with Crippen LogP contribution < -0.4 is 10.6 Å². The van der Waals surface area contributed by atoms with Gasteiger partial charge in [-0.15, -0.1) is 29.3 Å². The van der Waals surface area contributed by atoms with Crippen molar-refractivity contribution in [1.82, 2.24) is 10.6 Å². The van der Waals surface area contributed by atoms with E-state index in [1.807, 2.05) is 0 Å². The number of carbonyl (C=O) groups is 2. The van der Waals surface area contributed by atoms with Gasteiger partial charge >= 0.3 is 11.8 Å². The Balaban J connectivity index is 2.16. The van der Waals surface area contributed by atoms with Crippen molar-refractivity contribution < 1.29 is 18.0 Å². The Morgan fingerprint density at radius 3 is 2.38 bits per heavy atom. The number of hydrogen-bond acceptors (Lipinski definition) is 6. The second-order valence-electron chi connectivity index (χ2n) is 4.69. The lowest BCUT2D eigenvalue weighted by Crippen LogP contribution is -2.42. The van der Waals surface area contributed by atoms with Crippen molar-refractivity contribution >= 4 is 44.3 Å². The number of carbonyl (C=O) groups excluding carboxylic acids is 2. The molecule has 9 heteroatoms. The van der Waals surface area contributed by atoms with Crippen LogP contribution in [-0.2, 0) is 19.4 Å². The maximum Gasteiger partial charge on any atom is 0.309 e. The average Bonchev–Trinajstić information content (AvgIpc) is 3.25. The minimum absolute atomic E-state index is 0.161. The van der Waals surface area contributed by atoms with Gasteiger partial charge < -0.3 is 10.6 Å². The molecular weight excluding hydrogens is 368 g/mol. The molecule has 2 amide bonds. The average molecular weight is 385 g/mol. The summed E-state index contributed by atoms with van der Waals surface area (Å²) in [6, 6.07) is 6.63. The summed E-state index contributed by atoms with van der Waals surface area (Å²) in [6.45, 7) is 3.42. The Bertz CT molecular complexity index is 796. The van der Waals surface area contributed by atoms with Crippen LogP contribution in [0.4, 0.5) is 0 Å². The molecule has 2 N–H and O–H groups in total. The molecule has 24 heavy (non-hydrogen) atoms. The molecule has 2 heterocycles. The van der Waals surface area contributed by atoms with Gasteiger partial charge in [-0.25, -0.2) is 8.42 Å². The van der Waals surface area contributed by atoms with E-state index in [2.05, 4.69) is 17.2 Å². The maximum absolute atomic E-state index is 12.8. The molecule has 128 valence electrons. The highest BCUT2D eigenvalue weighted by molar-refractivity contribution is 7.93. The van der Waals surface area contributed by atoms with Gasteiger partial charge in [-0.1, -0.05) is 18.2 Å². The minimum Gasteiger partial charge on any atom is -0.346 e. The lowest BCUT2D eigenvalue weighted by Gasteiger charge is -2.16. The van der Waals surface area contributed by atoms with Gasteiger partial charge in [-0.05, 0) is 22.9 Å². The molecule has 0 saturated heterocycles. The molecule has 0 aliphatic rings. The van der Waals surface area contributed by atoms with Crippen LogP contribution in [0.2, 0.25) is 0 Å². The van der Waals surface area contributed by atoms with Crippen molar-refractivity contribution in [2.45, 2.75) is 9.46 Å². The molecule has 0 radical (unpaired) electrons. The van der Waals surface area contributed by atoms with E-state index in [1.165, 1.54) is 23.5 Å². The molecule has 0 spiro atoms. The van der Waals surface area contributed by atoms with Gasteiger partial charge in [0.1, 0.15) is 9.46 Å². The Kier molecular flexibility index (Phi) is 6.29. The summed E-state index contributed by atoms with van der Waals surface area (Å²) in [7, 11) is -3.65. The molecule has 0 aliphatic heterocycles. The number of rotatable bonds is 7. The predicted octanol–water partition coefficient (Wildman–Crippen LogP) is 1.74. The van der Waals surface area contributed by atoms with Gasteiger partial charge in [0, 0.05) is 18.0 Å². The maximum atomic E-state index is 12.8. The van der Waals surface area contributed by atoms with Gasteiger partial charge in [0.15, 0.2) is 9.84 Å². The van der Waals surface area contributed by atoms with Gasteiger partial charge in [0.25, 0.3) is 0 Å². The highest BCUT2D eigenvalue weighted by atomic mass is 32.2. The van der Waals surface area contributed by atoms with E-state index in [9.17, 15) is 18.0 Å². The highest BCUT2D eigenvalue weighted by Crippen LogP contribution is 2.33. The van der Waals surface area contributed by atoms with Crippen LogP contribution in [0, 0.1) is 0 Å². The Labute approximate surface area is 148 Å². The van der Waals surface area contributed by atoms with Crippen molar-refractivity contribution in [3.63, 3.8) is 0 Å². The Hall–Kier alpha value is -1.97. The van der Waals surface area contributed by atoms with Crippen LogP contribution in [0.25, 0.3) is 0 Å². The molecule has 2 aromatic rings. The number of sulfone groups is 1. The predicted molar refractivity (Wildman–Crippen MR) is 94.8 cm³/mol. The molecule has 0 aromatic carbocycles. The number of hydrogen-bond donors (Lipinski definition) is 2. The van der Waals surface area contributed by atoms with Gasteiger partial charge in [0.05, 0.1) is 0 Å². The van der Waals surface area contributed by atoms with E-state index in [0.717, 1.165) is 11.3 Å². The summed E-state index contributed by atoms with van der Waals surface area (Å²) in [4.78, 5) is 24.0. The summed E-state index contributed by atoms with van der Waals surface area (Å²) in [6.07, 6.45) is 1.45. The largest absolute Gasteiger partial charge is 0.346 e. The second-order valence-corrected chi connectivity index (χ2v) is 8.97. The molecule has 6 nitrogen and oxygen atoms in total. The third kappa shape index (κ3) is 4.31. The SMILES string of the molecule is C=CCNC(=O)C(=O)NCC(c1cccs1)S(=O)(=O)c1cccs1. The fourth-order valence-corrected chi connectivity index (χ4v) is 5.90. The van der Waals surface area contributed by atoms with Crippen LogP contribution in [0.5, 0.6) is 0 Å². The van der Waals surface area contributed by atoms with Crippen molar-refractivity contribution in [3.05, 3.63) is 52.6 Å². The molecule has 0 bridgehead atoms. The molecule has 2 rings (SSSR count). The van der Waals surface area contributed by atoms with Crippen molar-refractivity contribution in [2.24, 2.45) is 0 Å². The van der Waals surface area contributed by atoms with Crippen LogP contribution in [-0.4, -0.2) is 33.3 Å². The number of thiophene rings is 2. The zero-order valence-corrected chi connectivity index (χ0v) is 15.0. The smallest absolute Gasteiger partial charge is 0.309 e. The first-order valence-corrected chi connectivity index (χ1v) is 10.2. The summed E-state index contributed by atoms with van der Waals surface area (Å²) < 4.78 is 25.8. The molecule has 1 atom stereocenters. The molecule has 2 aromatic heterocycles. The van der Waals surface area contributed by atoms with Crippen molar-refractivity contribution in [2.75, 3.05) is 13.1 Å². The van der Waals surface area contributed by atoms with Gasteiger partial charge in [-0.2, -0.15) is 0 Å². The van der Waals surface area contributed by atoms with E-state index < -0.39 is 26.9 Å². The summed E-state index contributed by atoms with van der Waals surface area (Å²) in [5.74, 6) is -1.70. The van der Waals surface area contributed by atoms with Gasteiger partial charge in [-0.3, -0.25) is 9.59 Å². The quantitative estimate of drug-likeness (QED) is 0.562. The molecule has 0 fully saturated rings. The standard InChI is InChI=1S/C15H16N2O4S3/c1-2-7-16-14(18)15(19)17-10-12(11-5-3-8-22-11)24(20,21)13-6-4-9-23-13/h2-6,8-9,12H,1,7,10H2,(H,16,18)(H,17,19). The first kappa shape index (κ1) is 18.4. The van der Waals surface area contributed by atoms with Crippen LogP contribution in [0.1, 0.15) is 10.1 Å². The van der Waals surface area contributed by atoms with Crippen LogP contribution in [0.15, 0.2) is 51.9 Å². The lowest BCUT2D eigenvalue weighted by atomic mass is 10.3. The fraction of sp³-hybridized carbons (Fsp3) is 0.200. The van der Waals surface area contributed by atoms with E-state index in [4.69, 9.17) is 0 Å². The van der Waals surface area contributed by atoms with Crippen LogP contribution in [0.3, 0.4) is 0 Å². The minimum atomic E-state index is -3.65. The normalized spacial score (nSPS) is 12.3. The van der Waals surface area contributed by atoms with Crippen molar-refractivity contribution in [3.8, 4) is 0 Å². The first-order chi connectivity index (χ1) is 11.5. The third-order valence-corrected chi connectivity index (χ3v) is 7.72. The second kappa shape index (κ2) is 8.22. The molecule has 0 saturated carbocycles. The third-order valence-electron chi connectivity index (χ3n) is 3.07. The van der Waals surface area contributed by atoms with Gasteiger partial charge in [0.2, 0.25) is 0 Å². The Morgan fingerprint density at radius 1 is 1.12 bits per heavy atom. The fourth-order valence-electron chi connectivity index (χ4n) is 1.91. The lowest BCUT2D eigenvalue weighted by molar-refractivity contribution is -0.139.